The maximum atomic E-state index is 12.0. The molecule has 0 radical (unpaired) electrons. The smallest absolute Gasteiger partial charge is 0.226 e. The molecular weight excluding hydrogens is 204 g/mol. The van der Waals surface area contributed by atoms with Crippen molar-refractivity contribution in [3.05, 3.63) is 0 Å². The van der Waals surface area contributed by atoms with E-state index in [9.17, 15) is 9.90 Å². The number of β-amino-alcohol motifs (C(OH)–C–C–N with tert-alkyl or cyclic N) is 1. The number of amides is 1. The minimum Gasteiger partial charge on any atom is -0.391 e. The van der Waals surface area contributed by atoms with Gasteiger partial charge >= 0.3 is 0 Å². The van der Waals surface area contributed by atoms with Crippen LogP contribution in [-0.2, 0) is 4.79 Å². The monoisotopic (exact) mass is 226 g/mol. The average Bonchev–Trinajstić information content (AvgIpc) is 2.60. The van der Waals surface area contributed by atoms with Gasteiger partial charge in [0.25, 0.3) is 0 Å². The predicted octanol–water partition coefficient (Wildman–Crippen LogP) is 0.263. The van der Waals surface area contributed by atoms with Gasteiger partial charge in [-0.15, -0.1) is 0 Å². The maximum absolute atomic E-state index is 12.0. The molecule has 0 aromatic heterocycles. The molecule has 1 heterocycles. The lowest BCUT2D eigenvalue weighted by molar-refractivity contribution is -0.136. The minimum absolute atomic E-state index is 0.0863. The van der Waals surface area contributed by atoms with E-state index in [1.165, 1.54) is 6.42 Å². The van der Waals surface area contributed by atoms with Crippen molar-refractivity contribution < 1.29 is 9.90 Å². The molecule has 0 aromatic carbocycles. The van der Waals surface area contributed by atoms with E-state index in [1.54, 1.807) is 0 Å². The Hall–Kier alpha value is -0.610. The first-order valence-corrected chi connectivity index (χ1v) is 6.35. The molecule has 3 N–H and O–H groups in total. The molecule has 0 bridgehead atoms. The number of carbonyl (C=O) groups is 1. The molecule has 16 heavy (non-hydrogen) atoms. The van der Waals surface area contributed by atoms with E-state index in [-0.39, 0.29) is 23.3 Å². The minimum atomic E-state index is -0.306. The van der Waals surface area contributed by atoms with Crippen LogP contribution >= 0.6 is 0 Å². The highest BCUT2D eigenvalue weighted by molar-refractivity contribution is 5.83. The molecule has 1 amide bonds. The molecule has 4 nitrogen and oxygen atoms in total. The second-order valence-corrected chi connectivity index (χ2v) is 5.18. The summed E-state index contributed by atoms with van der Waals surface area (Å²) >= 11 is 0. The van der Waals surface area contributed by atoms with Crippen molar-refractivity contribution in [2.24, 2.45) is 11.3 Å². The van der Waals surface area contributed by atoms with Crippen LogP contribution in [0.1, 0.15) is 32.6 Å². The van der Waals surface area contributed by atoms with E-state index in [1.807, 2.05) is 0 Å². The summed E-state index contributed by atoms with van der Waals surface area (Å²) in [6.07, 6.45) is 3.86. The number of aliphatic hydroxyl groups excluding tert-OH is 1. The van der Waals surface area contributed by atoms with Crippen molar-refractivity contribution in [2.45, 2.75) is 38.7 Å². The highest BCUT2D eigenvalue weighted by atomic mass is 16.3. The Kier molecular flexibility index (Phi) is 3.50. The van der Waals surface area contributed by atoms with E-state index in [4.69, 9.17) is 0 Å². The number of hydrogen-bond acceptors (Lipinski definition) is 3. The van der Waals surface area contributed by atoms with Gasteiger partial charge in [0, 0.05) is 31.0 Å². The van der Waals surface area contributed by atoms with Gasteiger partial charge in [-0.3, -0.25) is 4.79 Å². The van der Waals surface area contributed by atoms with Crippen LogP contribution in [0.3, 0.4) is 0 Å². The van der Waals surface area contributed by atoms with Crippen molar-refractivity contribution in [1.82, 2.24) is 10.6 Å². The Bertz CT molecular complexity index is 258. The van der Waals surface area contributed by atoms with Gasteiger partial charge in [-0.1, -0.05) is 13.3 Å². The molecule has 4 heteroatoms. The summed E-state index contributed by atoms with van der Waals surface area (Å²) < 4.78 is 0. The van der Waals surface area contributed by atoms with E-state index in [0.29, 0.717) is 13.1 Å². The number of carbonyl (C=O) groups excluding carboxylic acids is 1. The summed E-state index contributed by atoms with van der Waals surface area (Å²) in [4.78, 5) is 12.0. The van der Waals surface area contributed by atoms with Gasteiger partial charge < -0.3 is 15.7 Å². The number of aliphatic hydroxyl groups is 1. The topological polar surface area (TPSA) is 61.4 Å². The largest absolute Gasteiger partial charge is 0.391 e. The number of nitrogens with one attached hydrogen (secondary N) is 2. The van der Waals surface area contributed by atoms with E-state index < -0.39 is 0 Å². The van der Waals surface area contributed by atoms with Gasteiger partial charge in [0.05, 0.1) is 6.10 Å². The third-order valence-corrected chi connectivity index (χ3v) is 4.30. The highest BCUT2D eigenvalue weighted by Gasteiger charge is 2.42. The Balaban J connectivity index is 1.79. The first-order valence-electron chi connectivity index (χ1n) is 6.35. The zero-order chi connectivity index (χ0) is 11.6. The van der Waals surface area contributed by atoms with Crippen LogP contribution < -0.4 is 10.6 Å². The molecule has 0 aromatic rings. The van der Waals surface area contributed by atoms with Crippen molar-refractivity contribution >= 4 is 5.91 Å². The summed E-state index contributed by atoms with van der Waals surface area (Å²) in [6.45, 7) is 4.15. The fourth-order valence-electron chi connectivity index (χ4n) is 2.68. The van der Waals surface area contributed by atoms with Gasteiger partial charge in [-0.2, -0.15) is 0 Å². The van der Waals surface area contributed by atoms with Gasteiger partial charge in [0.15, 0.2) is 0 Å². The van der Waals surface area contributed by atoms with Crippen molar-refractivity contribution in [2.75, 3.05) is 19.6 Å². The SMILES string of the molecule is CCC1(C(=O)NCC2CNCC2O)CCC1. The molecule has 1 aliphatic heterocycles. The first-order chi connectivity index (χ1) is 7.68. The van der Waals surface area contributed by atoms with Gasteiger partial charge in [0.2, 0.25) is 5.91 Å². The zero-order valence-electron chi connectivity index (χ0n) is 9.96. The standard InChI is InChI=1S/C12H22N2O2/c1-2-12(4-3-5-12)11(16)14-7-9-6-13-8-10(9)15/h9-10,13,15H,2-8H2,1H3,(H,14,16). The van der Waals surface area contributed by atoms with Crippen molar-refractivity contribution in [1.29, 1.82) is 0 Å². The fourth-order valence-corrected chi connectivity index (χ4v) is 2.68. The van der Waals surface area contributed by atoms with Gasteiger partial charge in [-0.05, 0) is 19.3 Å². The second-order valence-electron chi connectivity index (χ2n) is 5.18. The molecule has 2 rings (SSSR count). The third-order valence-electron chi connectivity index (χ3n) is 4.30. The zero-order valence-corrected chi connectivity index (χ0v) is 9.96. The molecule has 92 valence electrons. The molecule has 1 saturated heterocycles. The van der Waals surface area contributed by atoms with Crippen LogP contribution in [0.2, 0.25) is 0 Å². The van der Waals surface area contributed by atoms with E-state index in [0.717, 1.165) is 25.8 Å². The van der Waals surface area contributed by atoms with E-state index in [2.05, 4.69) is 17.6 Å². The summed E-state index contributed by atoms with van der Waals surface area (Å²) in [5.74, 6) is 0.373. The van der Waals surface area contributed by atoms with Crippen molar-refractivity contribution in [3.63, 3.8) is 0 Å². The average molecular weight is 226 g/mol. The summed E-state index contributed by atoms with van der Waals surface area (Å²) in [7, 11) is 0. The third kappa shape index (κ3) is 2.09. The Labute approximate surface area is 96.8 Å². The molecular formula is C12H22N2O2. The lowest BCUT2D eigenvalue weighted by atomic mass is 9.66. The summed E-state index contributed by atoms with van der Waals surface area (Å²) in [5, 5.41) is 15.8. The fraction of sp³-hybridized carbons (Fsp3) is 0.917. The quantitative estimate of drug-likeness (QED) is 0.644. The maximum Gasteiger partial charge on any atom is 0.226 e. The lowest BCUT2D eigenvalue weighted by Gasteiger charge is -2.39. The van der Waals surface area contributed by atoms with Crippen LogP contribution in [0.4, 0.5) is 0 Å². The van der Waals surface area contributed by atoms with Crippen LogP contribution in [0, 0.1) is 11.3 Å². The molecule has 2 fully saturated rings. The second kappa shape index (κ2) is 4.72. The Morgan fingerprint density at radius 1 is 1.50 bits per heavy atom. The van der Waals surface area contributed by atoms with E-state index >= 15 is 0 Å². The first kappa shape index (κ1) is 11.9. The summed E-state index contributed by atoms with van der Waals surface area (Å²) in [6, 6.07) is 0. The molecule has 1 saturated carbocycles. The summed E-state index contributed by atoms with van der Waals surface area (Å²) in [5.41, 5.74) is -0.0863. The lowest BCUT2D eigenvalue weighted by Crippen LogP contribution is -2.47. The number of hydrogen-bond donors (Lipinski definition) is 3. The van der Waals surface area contributed by atoms with Crippen LogP contribution in [-0.4, -0.2) is 36.8 Å². The molecule has 2 aliphatic rings. The Morgan fingerprint density at radius 2 is 2.25 bits per heavy atom. The van der Waals surface area contributed by atoms with Crippen LogP contribution in [0.15, 0.2) is 0 Å². The van der Waals surface area contributed by atoms with Crippen LogP contribution in [0.25, 0.3) is 0 Å². The Morgan fingerprint density at radius 3 is 2.69 bits per heavy atom. The molecule has 1 aliphatic carbocycles. The van der Waals surface area contributed by atoms with Crippen molar-refractivity contribution in [3.8, 4) is 0 Å². The molecule has 2 atom stereocenters. The highest BCUT2D eigenvalue weighted by Crippen LogP contribution is 2.43. The van der Waals surface area contributed by atoms with Gasteiger partial charge in [-0.25, -0.2) is 0 Å². The number of rotatable bonds is 4. The van der Waals surface area contributed by atoms with Crippen LogP contribution in [0.5, 0.6) is 0 Å². The molecule has 0 spiro atoms. The van der Waals surface area contributed by atoms with Gasteiger partial charge in [0.1, 0.15) is 0 Å². The normalized spacial score (nSPS) is 32.1. The predicted molar refractivity (Wildman–Crippen MR) is 62.0 cm³/mol. The molecule has 2 unspecified atom stereocenters.